The van der Waals surface area contributed by atoms with Crippen LogP contribution in [0.2, 0.25) is 5.02 Å². The number of fused-ring (bicyclic) bond motifs is 2. The van der Waals surface area contributed by atoms with Gasteiger partial charge in [0, 0.05) is 43.4 Å². The zero-order valence-electron chi connectivity index (χ0n) is 18.7. The molecule has 36 heavy (non-hydrogen) atoms. The topological polar surface area (TPSA) is 145 Å². The van der Waals surface area contributed by atoms with Crippen molar-refractivity contribution in [3.8, 4) is 11.5 Å². The Balaban J connectivity index is 1.67. The summed E-state index contributed by atoms with van der Waals surface area (Å²) in [4.78, 5) is 21.4. The normalized spacial score (nSPS) is 22.9. The van der Waals surface area contributed by atoms with Gasteiger partial charge in [-0.25, -0.2) is 0 Å². The van der Waals surface area contributed by atoms with Gasteiger partial charge in [-0.1, -0.05) is 23.7 Å². The van der Waals surface area contributed by atoms with Crippen LogP contribution < -0.4 is 18.4 Å². The van der Waals surface area contributed by atoms with Gasteiger partial charge in [0.25, 0.3) is 11.4 Å². The molecule has 2 unspecified atom stereocenters. The van der Waals surface area contributed by atoms with E-state index in [1.807, 2.05) is 0 Å². The SMILES string of the molecule is CN1c2cc([N+](=O)[O-])ccc2OP1(=O)C(c1ccc(Cl)cc1)P1(=O)Oc2ccc([N+](=O)[O-])cc2N1C. The molecule has 0 spiro atoms. The Morgan fingerprint density at radius 2 is 1.19 bits per heavy atom. The van der Waals surface area contributed by atoms with Crippen LogP contribution in [-0.2, 0) is 9.13 Å². The molecule has 0 fully saturated rings. The average molecular weight is 551 g/mol. The van der Waals surface area contributed by atoms with Gasteiger partial charge in [0.2, 0.25) is 0 Å². The highest BCUT2D eigenvalue weighted by molar-refractivity contribution is 7.79. The fraction of sp³-hybridized carbons (Fsp3) is 0.143. The summed E-state index contributed by atoms with van der Waals surface area (Å²) in [6.07, 6.45) is 0. The Hall–Kier alpha value is -3.59. The van der Waals surface area contributed by atoms with Crippen molar-refractivity contribution in [2.45, 2.75) is 5.40 Å². The van der Waals surface area contributed by atoms with E-state index in [1.54, 1.807) is 0 Å². The van der Waals surface area contributed by atoms with Crippen LogP contribution in [0.25, 0.3) is 0 Å². The van der Waals surface area contributed by atoms with E-state index < -0.39 is 30.3 Å². The maximum atomic E-state index is 14.6. The lowest BCUT2D eigenvalue weighted by molar-refractivity contribution is -0.385. The number of nitro benzene ring substituents is 2. The molecule has 2 aliphatic heterocycles. The Bertz CT molecular complexity index is 1440. The van der Waals surface area contributed by atoms with Gasteiger partial charge in [-0.05, 0) is 29.8 Å². The highest BCUT2D eigenvalue weighted by atomic mass is 35.5. The number of hydrogen-bond donors (Lipinski definition) is 0. The van der Waals surface area contributed by atoms with Crippen molar-refractivity contribution in [3.63, 3.8) is 0 Å². The first-order valence-corrected chi connectivity index (χ1v) is 14.0. The lowest BCUT2D eigenvalue weighted by Crippen LogP contribution is -2.23. The Kier molecular flexibility index (Phi) is 5.51. The molecule has 12 nitrogen and oxygen atoms in total. The van der Waals surface area contributed by atoms with Crippen molar-refractivity contribution in [2.75, 3.05) is 23.4 Å². The summed E-state index contributed by atoms with van der Waals surface area (Å²) < 4.78 is 43.6. The summed E-state index contributed by atoms with van der Waals surface area (Å²) in [5, 5.41) is 21.6. The quantitative estimate of drug-likeness (QED) is 0.193. The van der Waals surface area contributed by atoms with E-state index in [4.69, 9.17) is 20.6 Å². The molecular weight excluding hydrogens is 534 g/mol. The average Bonchev–Trinajstić information content (AvgIpc) is 3.24. The lowest BCUT2D eigenvalue weighted by Gasteiger charge is -2.34. The highest BCUT2D eigenvalue weighted by Crippen LogP contribution is 2.83. The standard InChI is InChI=1S/C21H17ClN4O8P2/c1-23-17-11-15(25(27)28)7-9-19(17)33-35(23,31)21(13-3-5-14(22)6-4-13)36(32)24(2)18-12-16(26(29)30)8-10-20(18)34-36/h3-12,21H,1-2H3. The molecule has 0 amide bonds. The Morgan fingerprint density at radius 3 is 1.58 bits per heavy atom. The van der Waals surface area contributed by atoms with Gasteiger partial charge in [-0.3, -0.25) is 38.7 Å². The van der Waals surface area contributed by atoms with Crippen LogP contribution in [0.4, 0.5) is 22.7 Å². The minimum Gasteiger partial charge on any atom is -0.426 e. The van der Waals surface area contributed by atoms with Crippen LogP contribution in [0.15, 0.2) is 60.7 Å². The van der Waals surface area contributed by atoms with E-state index in [-0.39, 0.29) is 34.2 Å². The van der Waals surface area contributed by atoms with E-state index in [0.717, 1.165) is 0 Å². The number of anilines is 2. The van der Waals surface area contributed by atoms with Gasteiger partial charge < -0.3 is 9.05 Å². The first kappa shape index (κ1) is 24.1. The molecule has 3 aromatic carbocycles. The molecule has 186 valence electrons. The molecule has 0 aromatic heterocycles. The molecule has 0 bridgehead atoms. The molecule has 5 rings (SSSR count). The Labute approximate surface area is 209 Å². The fourth-order valence-electron chi connectivity index (χ4n) is 4.23. The summed E-state index contributed by atoms with van der Waals surface area (Å²) in [5.41, 5.74) is 0.220. The van der Waals surface area contributed by atoms with Crippen molar-refractivity contribution in [3.05, 3.63) is 91.5 Å². The van der Waals surface area contributed by atoms with Crippen LogP contribution in [0.3, 0.4) is 0 Å². The lowest BCUT2D eigenvalue weighted by atomic mass is 10.2. The number of rotatable bonds is 5. The molecule has 2 heterocycles. The smallest absolute Gasteiger partial charge is 0.363 e. The van der Waals surface area contributed by atoms with E-state index in [9.17, 15) is 29.4 Å². The van der Waals surface area contributed by atoms with E-state index >= 15 is 0 Å². The predicted octanol–water partition coefficient (Wildman–Crippen LogP) is 6.60. The minimum absolute atomic E-state index is 0.118. The number of benzene rings is 3. The zero-order valence-corrected chi connectivity index (χ0v) is 21.2. The summed E-state index contributed by atoms with van der Waals surface area (Å²) in [6.45, 7) is 0. The first-order chi connectivity index (χ1) is 17.0. The van der Waals surface area contributed by atoms with Crippen molar-refractivity contribution >= 4 is 49.4 Å². The third kappa shape index (κ3) is 3.52. The maximum absolute atomic E-state index is 14.6. The third-order valence-corrected chi connectivity index (χ3v) is 12.9. The molecule has 3 aromatic rings. The molecule has 0 saturated carbocycles. The zero-order chi connectivity index (χ0) is 26.0. The van der Waals surface area contributed by atoms with Gasteiger partial charge in [-0.15, -0.1) is 0 Å². The van der Waals surface area contributed by atoms with Crippen molar-refractivity contribution in [2.24, 2.45) is 0 Å². The van der Waals surface area contributed by atoms with Crippen LogP contribution in [0.5, 0.6) is 11.5 Å². The molecule has 15 heteroatoms. The summed E-state index contributed by atoms with van der Waals surface area (Å²) >= 11 is 6.05. The Morgan fingerprint density at radius 1 is 0.778 bits per heavy atom. The highest BCUT2D eigenvalue weighted by Gasteiger charge is 2.61. The van der Waals surface area contributed by atoms with Gasteiger partial charge in [0.05, 0.1) is 21.2 Å². The third-order valence-electron chi connectivity index (χ3n) is 6.08. The number of nitrogens with zero attached hydrogens (tertiary/aromatic N) is 4. The van der Waals surface area contributed by atoms with Crippen LogP contribution in [0, 0.1) is 20.2 Å². The summed E-state index contributed by atoms with van der Waals surface area (Å²) in [6, 6.07) is 13.7. The molecule has 0 N–H and O–H groups in total. The number of halogens is 1. The predicted molar refractivity (Wildman–Crippen MR) is 134 cm³/mol. The number of nitro groups is 2. The summed E-state index contributed by atoms with van der Waals surface area (Å²) in [7, 11) is -5.44. The second kappa shape index (κ2) is 8.23. The number of non-ortho nitro benzene ring substituents is 2. The first-order valence-electron chi connectivity index (χ1n) is 10.3. The van der Waals surface area contributed by atoms with E-state index in [2.05, 4.69) is 0 Å². The van der Waals surface area contributed by atoms with Crippen molar-refractivity contribution < 1.29 is 28.0 Å². The molecule has 2 aliphatic rings. The van der Waals surface area contributed by atoms with E-state index in [1.165, 1.54) is 84.1 Å². The van der Waals surface area contributed by atoms with Gasteiger partial charge in [0.15, 0.2) is 16.9 Å². The monoisotopic (exact) mass is 550 g/mol. The van der Waals surface area contributed by atoms with Gasteiger partial charge in [-0.2, -0.15) is 0 Å². The molecule has 0 saturated heterocycles. The van der Waals surface area contributed by atoms with Crippen molar-refractivity contribution in [1.82, 2.24) is 0 Å². The van der Waals surface area contributed by atoms with Gasteiger partial charge >= 0.3 is 15.0 Å². The van der Waals surface area contributed by atoms with E-state index in [0.29, 0.717) is 10.6 Å². The largest absolute Gasteiger partial charge is 0.426 e. The molecular formula is C21H17ClN4O8P2. The van der Waals surface area contributed by atoms with Crippen molar-refractivity contribution in [1.29, 1.82) is 0 Å². The minimum atomic E-state index is -4.15. The van der Waals surface area contributed by atoms with Crippen LogP contribution >= 0.6 is 26.6 Å². The number of hydrogen-bond acceptors (Lipinski definition) is 8. The van der Waals surface area contributed by atoms with Crippen LogP contribution in [0.1, 0.15) is 11.0 Å². The van der Waals surface area contributed by atoms with Gasteiger partial charge in [0.1, 0.15) is 0 Å². The maximum Gasteiger partial charge on any atom is 0.363 e. The molecule has 0 radical (unpaired) electrons. The molecule has 2 atom stereocenters. The second-order valence-corrected chi connectivity index (χ2v) is 13.8. The molecule has 0 aliphatic carbocycles. The fourth-order valence-corrected chi connectivity index (χ4v) is 11.0. The second-order valence-electron chi connectivity index (χ2n) is 8.10. The van der Waals surface area contributed by atoms with Crippen LogP contribution in [-0.4, -0.2) is 23.9 Å². The summed E-state index contributed by atoms with van der Waals surface area (Å²) in [5.74, 6) is 0.235.